The van der Waals surface area contributed by atoms with Gasteiger partial charge in [-0.05, 0) is 76.7 Å². The van der Waals surface area contributed by atoms with E-state index in [1.54, 1.807) is 27.7 Å². The lowest BCUT2D eigenvalue weighted by Gasteiger charge is -2.32. The van der Waals surface area contributed by atoms with Gasteiger partial charge >= 0.3 is 17.9 Å². The number of aliphatic hydroxyl groups excluding tert-OH is 1. The number of hydrogen-bond donors (Lipinski definition) is 13. The van der Waals surface area contributed by atoms with Crippen LogP contribution in [0.3, 0.4) is 0 Å². The summed E-state index contributed by atoms with van der Waals surface area (Å²) in [6.45, 7) is 8.45. The zero-order valence-electron chi connectivity index (χ0n) is 38.6. The number of carboxylic acid groups (broad SMARTS) is 3. The Bertz CT molecular complexity index is 1860. The van der Waals surface area contributed by atoms with E-state index in [2.05, 4.69) is 41.9 Å². The zero-order valence-corrected chi connectivity index (χ0v) is 38.6. The Hall–Kier alpha value is -6.21. The van der Waals surface area contributed by atoms with Crippen LogP contribution in [-0.2, 0) is 54.4 Å². The number of H-pyrrole nitrogens is 1. The molecule has 2 heterocycles. The van der Waals surface area contributed by atoms with Gasteiger partial charge in [0.15, 0.2) is 0 Å². The first-order valence-corrected chi connectivity index (χ1v) is 22.4. The largest absolute Gasteiger partial charge is 0.481 e. The van der Waals surface area contributed by atoms with Crippen molar-refractivity contribution < 1.29 is 68.4 Å². The van der Waals surface area contributed by atoms with E-state index >= 15 is 0 Å². The minimum atomic E-state index is -1.67. The first-order chi connectivity index (χ1) is 31.5. The van der Waals surface area contributed by atoms with Crippen LogP contribution in [0.5, 0.6) is 0 Å². The number of nitrogens with one attached hydrogen (secondary N) is 7. The number of nitrogens with two attached hydrogens (primary N) is 2. The van der Waals surface area contributed by atoms with Gasteiger partial charge in [-0.15, -0.1) is 0 Å². The highest BCUT2D eigenvalue weighted by molar-refractivity contribution is 5.98. The Morgan fingerprint density at radius 3 is 1.78 bits per heavy atom. The number of aromatic nitrogens is 2. The lowest BCUT2D eigenvalue weighted by molar-refractivity contribution is -0.145. The molecule has 2 rings (SSSR count). The first-order valence-electron chi connectivity index (χ1n) is 22.4. The monoisotopic (exact) mass is 952 g/mol. The molecule has 0 spiro atoms. The summed E-state index contributed by atoms with van der Waals surface area (Å²) in [5.74, 6) is -10.8. The van der Waals surface area contributed by atoms with Crippen molar-refractivity contribution in [2.75, 3.05) is 13.1 Å². The second-order valence-electron chi connectivity index (χ2n) is 17.4. The number of nitrogens with zero attached hydrogens (tertiary/aromatic N) is 2. The number of amides is 7. The Kier molecular flexibility index (Phi) is 23.9. The van der Waals surface area contributed by atoms with Gasteiger partial charge in [0.2, 0.25) is 41.4 Å². The summed E-state index contributed by atoms with van der Waals surface area (Å²) in [7, 11) is 0. The maximum absolute atomic E-state index is 14.1. The third-order valence-corrected chi connectivity index (χ3v) is 11.0. The summed E-state index contributed by atoms with van der Waals surface area (Å²) in [6.07, 6.45) is 0.00731. The van der Waals surface area contributed by atoms with E-state index in [0.717, 1.165) is 4.90 Å². The van der Waals surface area contributed by atoms with Crippen LogP contribution in [-0.4, -0.2) is 162 Å². The predicted molar refractivity (Wildman–Crippen MR) is 237 cm³/mol. The van der Waals surface area contributed by atoms with E-state index < -0.39 is 139 Å². The van der Waals surface area contributed by atoms with Gasteiger partial charge in [0.05, 0.1) is 18.5 Å². The molecule has 9 atom stereocenters. The fourth-order valence-corrected chi connectivity index (χ4v) is 7.13. The summed E-state index contributed by atoms with van der Waals surface area (Å²) in [5, 5.41) is 54.0. The number of rotatable bonds is 30. The molecule has 15 N–H and O–H groups in total. The lowest BCUT2D eigenvalue weighted by atomic mass is 10.0. The van der Waals surface area contributed by atoms with E-state index in [0.29, 0.717) is 18.5 Å². The smallest absolute Gasteiger partial charge is 0.326 e. The summed E-state index contributed by atoms with van der Waals surface area (Å²) in [6, 6.07) is -11.1. The van der Waals surface area contributed by atoms with Crippen LogP contribution >= 0.6 is 0 Å². The molecular weight excluding hydrogens is 883 g/mol. The van der Waals surface area contributed by atoms with Crippen molar-refractivity contribution >= 4 is 59.3 Å². The van der Waals surface area contributed by atoms with Gasteiger partial charge in [0.25, 0.3) is 0 Å². The number of aliphatic hydroxyl groups is 1. The third-order valence-electron chi connectivity index (χ3n) is 11.0. The number of unbranched alkanes of at least 4 members (excludes halogenated alkanes) is 1. The van der Waals surface area contributed by atoms with Crippen LogP contribution in [0.15, 0.2) is 12.5 Å². The van der Waals surface area contributed by atoms with Crippen LogP contribution in [0.2, 0.25) is 0 Å². The summed E-state index contributed by atoms with van der Waals surface area (Å²) in [4.78, 5) is 138. The SMILES string of the molecule is CC(C)CC(NC(=O)C(Cc1cnc[nH]1)NC(=O)C(N)C(C)C)C(=O)NC(C(=O)N1CCCC1C(=O)NC(CCC(=O)O)C(=O)NC(CCC(=O)O)C(=O)NC(CCCCN)C(=O)O)C(C)O. The highest BCUT2D eigenvalue weighted by Crippen LogP contribution is 2.21. The number of imidazole rings is 1. The van der Waals surface area contributed by atoms with E-state index in [1.807, 2.05) is 0 Å². The molecule has 0 aliphatic carbocycles. The Morgan fingerprint density at radius 2 is 1.27 bits per heavy atom. The van der Waals surface area contributed by atoms with Gasteiger partial charge in [-0.25, -0.2) is 9.78 Å². The first kappa shape index (κ1) is 56.9. The van der Waals surface area contributed by atoms with Crippen molar-refractivity contribution in [3.05, 3.63) is 18.2 Å². The number of aromatic amines is 1. The number of carbonyl (C=O) groups is 10. The van der Waals surface area contributed by atoms with Crippen LogP contribution in [0.1, 0.15) is 105 Å². The third kappa shape index (κ3) is 19.3. The molecule has 1 aliphatic rings. The van der Waals surface area contributed by atoms with Crippen molar-refractivity contribution in [3.63, 3.8) is 0 Å². The van der Waals surface area contributed by atoms with Gasteiger partial charge in [-0.1, -0.05) is 27.7 Å². The predicted octanol–water partition coefficient (Wildman–Crippen LogP) is -2.79. The lowest BCUT2D eigenvalue weighted by Crippen LogP contribution is -2.62. The van der Waals surface area contributed by atoms with Gasteiger partial charge in [-0.3, -0.25) is 43.2 Å². The average molecular weight is 952 g/mol. The summed E-state index contributed by atoms with van der Waals surface area (Å²) in [5.41, 5.74) is 12.0. The highest BCUT2D eigenvalue weighted by Gasteiger charge is 2.42. The van der Waals surface area contributed by atoms with Crippen molar-refractivity contribution in [1.29, 1.82) is 0 Å². The molecule has 7 amide bonds. The van der Waals surface area contributed by atoms with Gasteiger partial charge in [0.1, 0.15) is 42.3 Å². The molecule has 1 aromatic heterocycles. The van der Waals surface area contributed by atoms with Crippen molar-refractivity contribution in [2.45, 2.75) is 160 Å². The Balaban J connectivity index is 2.33. The number of hydrogen-bond acceptors (Lipinski definition) is 14. The number of likely N-dealkylation sites (tertiary alicyclic amines) is 1. The maximum atomic E-state index is 14.1. The molecule has 0 aromatic carbocycles. The Labute approximate surface area is 388 Å². The van der Waals surface area contributed by atoms with Gasteiger partial charge in [0, 0.05) is 37.7 Å². The minimum absolute atomic E-state index is 0.0241. The van der Waals surface area contributed by atoms with Gasteiger partial charge < -0.3 is 73.7 Å². The fourth-order valence-electron chi connectivity index (χ4n) is 7.13. The molecule has 25 heteroatoms. The van der Waals surface area contributed by atoms with Crippen molar-refractivity contribution in [3.8, 4) is 0 Å². The summed E-state index contributed by atoms with van der Waals surface area (Å²) >= 11 is 0. The molecule has 1 aliphatic heterocycles. The fraction of sp³-hybridized carbons (Fsp3) is 0.690. The van der Waals surface area contributed by atoms with Crippen LogP contribution in [0.4, 0.5) is 0 Å². The standard InChI is InChI=1S/C42H69N11O14/c1-21(2)17-28(50-37(61)29(18-24-19-45-20-46-24)51-40(64)33(44)22(3)4)38(62)52-34(23(5)54)41(65)53-16-8-10-30(53)39(63)48-26(12-14-32(57)58)35(59)47-25(11-13-31(55)56)36(60)49-27(42(66)67)9-6-7-15-43/h19-23,25-30,33-34,54H,6-18,43-44H2,1-5H3,(H,45,46)(H,47,59)(H,48,63)(H,49,60)(H,50,61)(H,51,64)(H,52,62)(H,55,56)(H,57,58)(H,66,67). The molecule has 1 fully saturated rings. The zero-order chi connectivity index (χ0) is 50.5. The topological polar surface area (TPSA) is 408 Å². The van der Waals surface area contributed by atoms with E-state index in [4.69, 9.17) is 11.5 Å². The molecule has 376 valence electrons. The molecular formula is C42H69N11O14. The highest BCUT2D eigenvalue weighted by atomic mass is 16.4. The second-order valence-corrected chi connectivity index (χ2v) is 17.4. The molecule has 0 bridgehead atoms. The normalized spacial score (nSPS) is 17.2. The number of carbonyl (C=O) groups excluding carboxylic acids is 7. The van der Waals surface area contributed by atoms with Crippen LogP contribution in [0, 0.1) is 11.8 Å². The number of aliphatic carboxylic acids is 3. The maximum Gasteiger partial charge on any atom is 0.326 e. The minimum Gasteiger partial charge on any atom is -0.481 e. The van der Waals surface area contributed by atoms with E-state index in [9.17, 15) is 68.4 Å². The van der Waals surface area contributed by atoms with Crippen LogP contribution < -0.4 is 43.4 Å². The Morgan fingerprint density at radius 1 is 0.731 bits per heavy atom. The molecule has 1 aromatic rings. The van der Waals surface area contributed by atoms with Crippen molar-refractivity contribution in [2.24, 2.45) is 23.3 Å². The summed E-state index contributed by atoms with van der Waals surface area (Å²) < 4.78 is 0. The molecule has 1 saturated heterocycles. The molecule has 67 heavy (non-hydrogen) atoms. The molecule has 25 nitrogen and oxygen atoms in total. The molecule has 9 unspecified atom stereocenters. The van der Waals surface area contributed by atoms with Crippen LogP contribution in [0.25, 0.3) is 0 Å². The second kappa shape index (κ2) is 28.1. The quantitative estimate of drug-likeness (QED) is 0.0347. The molecule has 0 saturated carbocycles. The molecule has 0 radical (unpaired) electrons. The van der Waals surface area contributed by atoms with Gasteiger partial charge in [-0.2, -0.15) is 0 Å². The average Bonchev–Trinajstić information content (AvgIpc) is 3.97. The van der Waals surface area contributed by atoms with Crippen molar-refractivity contribution in [1.82, 2.24) is 46.8 Å². The van der Waals surface area contributed by atoms with E-state index in [-0.39, 0.29) is 57.0 Å². The van der Waals surface area contributed by atoms with E-state index in [1.165, 1.54) is 19.4 Å². The number of carboxylic acids is 3.